The predicted octanol–water partition coefficient (Wildman–Crippen LogP) is 19.3. The fourth-order valence-electron chi connectivity index (χ4n) is 12.1. The molecule has 13 aromatic rings. The first kappa shape index (κ1) is 44.0. The Kier molecular flexibility index (Phi) is 10.8. The molecule has 0 fully saturated rings. The van der Waals surface area contributed by atoms with E-state index < -0.39 is 5.41 Å². The van der Waals surface area contributed by atoms with Crippen LogP contribution < -0.4 is 4.90 Å². The Bertz CT molecular complexity index is 4100. The monoisotopic (exact) mass is 954 g/mol. The summed E-state index contributed by atoms with van der Waals surface area (Å²) >= 11 is 0. The normalized spacial score (nSPS) is 12.4. The molecule has 12 aromatic carbocycles. The lowest BCUT2D eigenvalue weighted by Gasteiger charge is -2.34. The molecule has 0 N–H and O–H groups in total. The molecular formula is C73H50N2. The average molecular weight is 955 g/mol. The maximum absolute atomic E-state index is 2.52. The van der Waals surface area contributed by atoms with E-state index in [0.717, 1.165) is 28.2 Å². The summed E-state index contributed by atoms with van der Waals surface area (Å²) in [4.78, 5) is 2.38. The number of hydrogen-bond donors (Lipinski definition) is 0. The lowest BCUT2D eigenvalue weighted by Crippen LogP contribution is -2.28. The molecule has 0 amide bonds. The van der Waals surface area contributed by atoms with Gasteiger partial charge in [0, 0.05) is 33.4 Å². The van der Waals surface area contributed by atoms with Gasteiger partial charge in [-0.15, -0.1) is 0 Å². The molecule has 352 valence electrons. The summed E-state index contributed by atoms with van der Waals surface area (Å²) in [6.45, 7) is 0. The second kappa shape index (κ2) is 18.4. The van der Waals surface area contributed by atoms with Crippen molar-refractivity contribution in [2.45, 2.75) is 5.41 Å². The highest BCUT2D eigenvalue weighted by Crippen LogP contribution is 2.58. The summed E-state index contributed by atoms with van der Waals surface area (Å²) in [5.41, 5.74) is 23.4. The topological polar surface area (TPSA) is 8.17 Å². The van der Waals surface area contributed by atoms with Crippen LogP contribution in [0.1, 0.15) is 22.3 Å². The molecule has 0 radical (unpaired) electrons. The van der Waals surface area contributed by atoms with Crippen molar-refractivity contribution in [3.8, 4) is 61.3 Å². The maximum Gasteiger partial charge on any atom is 0.0714 e. The molecule has 75 heavy (non-hydrogen) atoms. The van der Waals surface area contributed by atoms with Crippen molar-refractivity contribution in [1.82, 2.24) is 4.57 Å². The summed E-state index contributed by atoms with van der Waals surface area (Å²) in [7, 11) is 0. The minimum absolute atomic E-state index is 0.491. The van der Waals surface area contributed by atoms with Crippen molar-refractivity contribution in [2.24, 2.45) is 0 Å². The van der Waals surface area contributed by atoms with Crippen molar-refractivity contribution in [3.05, 3.63) is 326 Å². The van der Waals surface area contributed by atoms with Gasteiger partial charge in [0.15, 0.2) is 0 Å². The minimum Gasteiger partial charge on any atom is -0.310 e. The quantitative estimate of drug-likeness (QED) is 0.133. The second-order valence-electron chi connectivity index (χ2n) is 19.6. The molecule has 2 heteroatoms. The van der Waals surface area contributed by atoms with Crippen LogP contribution in [0.5, 0.6) is 0 Å². The van der Waals surface area contributed by atoms with Gasteiger partial charge in [-0.1, -0.05) is 243 Å². The fraction of sp³-hybridized carbons (Fsp3) is 0.0137. The standard InChI is InChI=1S/C73H50N2/c1-6-22-51(23-7-1)57-46-58(52-24-8-2-9-25-52)49-63(48-57)74(61-31-14-5-15-32-61)62-33-20-26-55(47-62)53-40-42-54(43-41-53)56-44-45-65-64-34-17-19-38-69(64)75(71(65)50-56)70-39-21-37-68-72(70)66-35-16-18-36-67(66)73(68,59-27-10-3-11-28-59)60-29-12-4-13-30-60/h1-50H. The third-order valence-corrected chi connectivity index (χ3v) is 15.4. The summed E-state index contributed by atoms with van der Waals surface area (Å²) in [6, 6.07) is 111. The Morgan fingerprint density at radius 2 is 0.720 bits per heavy atom. The molecule has 1 aliphatic carbocycles. The Labute approximate surface area is 438 Å². The number of hydrogen-bond acceptors (Lipinski definition) is 1. The first-order chi connectivity index (χ1) is 37.2. The zero-order valence-corrected chi connectivity index (χ0v) is 41.3. The summed E-state index contributed by atoms with van der Waals surface area (Å²) in [5, 5.41) is 2.47. The first-order valence-electron chi connectivity index (χ1n) is 25.9. The van der Waals surface area contributed by atoms with E-state index in [9.17, 15) is 0 Å². The molecule has 2 nitrogen and oxygen atoms in total. The molecule has 1 heterocycles. The minimum atomic E-state index is -0.491. The Hall–Kier alpha value is -9.76. The van der Waals surface area contributed by atoms with Gasteiger partial charge < -0.3 is 9.47 Å². The van der Waals surface area contributed by atoms with Crippen LogP contribution in [0.3, 0.4) is 0 Å². The number of anilines is 3. The first-order valence-corrected chi connectivity index (χ1v) is 25.9. The van der Waals surface area contributed by atoms with Gasteiger partial charge in [-0.3, -0.25) is 0 Å². The molecule has 0 unspecified atom stereocenters. The van der Waals surface area contributed by atoms with Crippen LogP contribution in [0.4, 0.5) is 17.1 Å². The van der Waals surface area contributed by atoms with Crippen LogP contribution in [0.2, 0.25) is 0 Å². The van der Waals surface area contributed by atoms with Gasteiger partial charge >= 0.3 is 0 Å². The van der Waals surface area contributed by atoms with Gasteiger partial charge in [0.05, 0.1) is 22.1 Å². The summed E-state index contributed by atoms with van der Waals surface area (Å²) < 4.78 is 2.52. The summed E-state index contributed by atoms with van der Waals surface area (Å²) in [6.07, 6.45) is 0. The van der Waals surface area contributed by atoms with Crippen LogP contribution in [-0.2, 0) is 5.41 Å². The molecule has 1 aromatic heterocycles. The van der Waals surface area contributed by atoms with E-state index in [2.05, 4.69) is 313 Å². The van der Waals surface area contributed by atoms with Gasteiger partial charge in [0.25, 0.3) is 0 Å². The molecule has 0 saturated carbocycles. The highest BCUT2D eigenvalue weighted by Gasteiger charge is 2.47. The van der Waals surface area contributed by atoms with E-state index >= 15 is 0 Å². The van der Waals surface area contributed by atoms with Crippen LogP contribution in [0.15, 0.2) is 303 Å². The summed E-state index contributed by atoms with van der Waals surface area (Å²) in [5.74, 6) is 0. The third kappa shape index (κ3) is 7.41. The molecule has 0 atom stereocenters. The third-order valence-electron chi connectivity index (χ3n) is 15.4. The SMILES string of the molecule is c1ccc(-c2cc(-c3ccccc3)cc(N(c3ccccc3)c3cccc(-c4ccc(-c5ccc6c7ccccc7n(-c7cccc8c7-c7ccccc7C8(c7ccccc7)c7ccccc7)c6c5)cc4)c3)c2)cc1. The number of rotatable bonds is 10. The molecule has 0 aliphatic heterocycles. The number of aromatic nitrogens is 1. The van der Waals surface area contributed by atoms with Gasteiger partial charge in [-0.2, -0.15) is 0 Å². The Balaban J connectivity index is 0.874. The van der Waals surface area contributed by atoms with Crippen LogP contribution in [-0.4, -0.2) is 4.57 Å². The average Bonchev–Trinajstić information content (AvgIpc) is 4.07. The largest absolute Gasteiger partial charge is 0.310 e. The van der Waals surface area contributed by atoms with Crippen molar-refractivity contribution in [3.63, 3.8) is 0 Å². The fourth-order valence-corrected chi connectivity index (χ4v) is 12.1. The number of nitrogens with zero attached hydrogens (tertiary/aromatic N) is 2. The lowest BCUT2D eigenvalue weighted by molar-refractivity contribution is 0.768. The Morgan fingerprint density at radius 1 is 0.267 bits per heavy atom. The van der Waals surface area contributed by atoms with Crippen LogP contribution >= 0.6 is 0 Å². The zero-order valence-electron chi connectivity index (χ0n) is 41.3. The van der Waals surface area contributed by atoms with E-state index in [-0.39, 0.29) is 0 Å². The molecular weight excluding hydrogens is 905 g/mol. The van der Waals surface area contributed by atoms with E-state index in [0.29, 0.717) is 0 Å². The maximum atomic E-state index is 2.52. The number of para-hydroxylation sites is 2. The zero-order chi connectivity index (χ0) is 49.7. The van der Waals surface area contributed by atoms with Crippen molar-refractivity contribution in [1.29, 1.82) is 0 Å². The van der Waals surface area contributed by atoms with E-state index in [1.807, 2.05) is 0 Å². The van der Waals surface area contributed by atoms with Crippen molar-refractivity contribution in [2.75, 3.05) is 4.90 Å². The van der Waals surface area contributed by atoms with Gasteiger partial charge in [-0.25, -0.2) is 0 Å². The second-order valence-corrected chi connectivity index (χ2v) is 19.6. The highest BCUT2D eigenvalue weighted by molar-refractivity contribution is 6.11. The highest BCUT2D eigenvalue weighted by atomic mass is 15.1. The smallest absolute Gasteiger partial charge is 0.0714 e. The van der Waals surface area contributed by atoms with E-state index in [1.165, 1.54) is 94.3 Å². The van der Waals surface area contributed by atoms with Crippen LogP contribution in [0.25, 0.3) is 83.1 Å². The molecule has 1 aliphatic rings. The molecule has 0 saturated heterocycles. The van der Waals surface area contributed by atoms with Crippen molar-refractivity contribution < 1.29 is 0 Å². The molecule has 14 rings (SSSR count). The Morgan fingerprint density at radius 3 is 1.37 bits per heavy atom. The number of fused-ring (bicyclic) bond motifs is 6. The van der Waals surface area contributed by atoms with Crippen molar-refractivity contribution >= 4 is 38.9 Å². The van der Waals surface area contributed by atoms with Gasteiger partial charge in [0.2, 0.25) is 0 Å². The molecule has 0 bridgehead atoms. The predicted molar refractivity (Wildman–Crippen MR) is 315 cm³/mol. The number of benzene rings is 12. The van der Waals surface area contributed by atoms with E-state index in [1.54, 1.807) is 0 Å². The molecule has 0 spiro atoms. The van der Waals surface area contributed by atoms with E-state index in [4.69, 9.17) is 0 Å². The lowest BCUT2D eigenvalue weighted by atomic mass is 9.68. The van der Waals surface area contributed by atoms with Gasteiger partial charge in [-0.05, 0) is 133 Å². The van der Waals surface area contributed by atoms with Crippen LogP contribution in [0, 0.1) is 0 Å². The van der Waals surface area contributed by atoms with Gasteiger partial charge in [0.1, 0.15) is 0 Å².